The lowest BCUT2D eigenvalue weighted by atomic mass is 9.99. The van der Waals surface area contributed by atoms with E-state index in [1.807, 2.05) is 59.7 Å². The van der Waals surface area contributed by atoms with Gasteiger partial charge in [-0.2, -0.15) is 0 Å². The summed E-state index contributed by atoms with van der Waals surface area (Å²) in [6, 6.07) is 10.6. The van der Waals surface area contributed by atoms with Gasteiger partial charge in [0, 0.05) is 54.3 Å². The first-order valence-corrected chi connectivity index (χ1v) is 14.8. The highest BCUT2D eigenvalue weighted by atomic mass is 32.2. The molecular formula is C31H37FN4O3S. The van der Waals surface area contributed by atoms with E-state index in [9.17, 15) is 9.18 Å². The van der Waals surface area contributed by atoms with Crippen LogP contribution in [0.3, 0.4) is 0 Å². The predicted octanol–water partition coefficient (Wildman–Crippen LogP) is 6.57. The Morgan fingerprint density at radius 1 is 1.10 bits per heavy atom. The number of carbonyl (C=O) groups is 1. The van der Waals surface area contributed by atoms with Crippen molar-refractivity contribution < 1.29 is 18.7 Å². The number of rotatable bonds is 4. The second kappa shape index (κ2) is 10.5. The molecule has 0 saturated heterocycles. The van der Waals surface area contributed by atoms with E-state index >= 15 is 0 Å². The lowest BCUT2D eigenvalue weighted by molar-refractivity contribution is 0.0531. The van der Waals surface area contributed by atoms with Gasteiger partial charge < -0.3 is 19.7 Å². The van der Waals surface area contributed by atoms with E-state index in [4.69, 9.17) is 14.5 Å². The van der Waals surface area contributed by atoms with E-state index in [2.05, 4.69) is 40.2 Å². The average molecular weight is 565 g/mol. The minimum atomic E-state index is -0.572. The zero-order valence-corrected chi connectivity index (χ0v) is 25.0. The first kappa shape index (κ1) is 28.1. The molecule has 2 aliphatic rings. The van der Waals surface area contributed by atoms with Crippen LogP contribution in [0, 0.1) is 5.82 Å². The third-order valence-electron chi connectivity index (χ3n) is 6.33. The Labute approximate surface area is 237 Å². The molecule has 5 rings (SSSR count). The number of likely N-dealkylation sites (N-methyl/N-ethyl adjacent to an activating group) is 1. The maximum Gasteiger partial charge on any atom is 0.407 e. The predicted molar refractivity (Wildman–Crippen MR) is 162 cm³/mol. The number of benzene rings is 1. The number of pyridine rings is 1. The van der Waals surface area contributed by atoms with Gasteiger partial charge in [-0.15, -0.1) is 10.5 Å². The summed E-state index contributed by atoms with van der Waals surface area (Å²) in [7, 11) is 1.53. The molecule has 7 nitrogen and oxygen atoms in total. The largest absolute Gasteiger partial charge is 0.444 e. The maximum atomic E-state index is 13.9. The summed E-state index contributed by atoms with van der Waals surface area (Å²) in [6.07, 6.45) is 5.77. The van der Waals surface area contributed by atoms with Crippen LogP contribution in [0.2, 0.25) is 0 Å². The number of halogens is 1. The van der Waals surface area contributed by atoms with Crippen LogP contribution in [0.25, 0.3) is 27.7 Å². The monoisotopic (exact) mass is 564 g/mol. The van der Waals surface area contributed by atoms with Crippen molar-refractivity contribution in [3.8, 4) is 11.1 Å². The van der Waals surface area contributed by atoms with Gasteiger partial charge in [-0.1, -0.05) is 18.2 Å². The Bertz CT molecular complexity index is 1560. The van der Waals surface area contributed by atoms with Gasteiger partial charge >= 0.3 is 6.09 Å². The van der Waals surface area contributed by atoms with Gasteiger partial charge in [-0.05, 0) is 71.4 Å². The van der Waals surface area contributed by atoms with Crippen LogP contribution in [-0.4, -0.2) is 62.8 Å². The molecule has 0 saturated carbocycles. The molecule has 1 N–H and O–H groups in total. The molecule has 1 atom stereocenters. The Kier molecular flexibility index (Phi) is 7.39. The number of hydrogen-bond acceptors (Lipinski definition) is 5. The number of nitrogens with one attached hydrogen (secondary N) is 1. The number of hydrogen-bond donors (Lipinski definition) is 1. The SMILES string of the molecule is CN1C=C2C(=CC1)c1c(-c3ccc(F)cc3)c3ncccc3n1C(OC(C)(C)C)=S2CCNC(=O)OC(C)(C)C. The van der Waals surface area contributed by atoms with Crippen molar-refractivity contribution in [2.75, 3.05) is 25.9 Å². The number of carbonyl (C=O) groups excluding carboxylic acids is 1. The summed E-state index contributed by atoms with van der Waals surface area (Å²) in [5.41, 5.74) is 4.64. The Morgan fingerprint density at radius 2 is 1.82 bits per heavy atom. The van der Waals surface area contributed by atoms with Crippen LogP contribution >= 0.6 is 10.5 Å². The second-order valence-electron chi connectivity index (χ2n) is 12.0. The molecule has 1 amide bonds. The van der Waals surface area contributed by atoms with Crippen LogP contribution in [0.5, 0.6) is 0 Å². The fourth-order valence-corrected chi connectivity index (χ4v) is 7.25. The summed E-state index contributed by atoms with van der Waals surface area (Å²) in [4.78, 5) is 20.6. The average Bonchev–Trinajstić information content (AvgIpc) is 3.19. The minimum absolute atomic E-state index is 0.282. The van der Waals surface area contributed by atoms with E-state index in [1.165, 1.54) is 12.1 Å². The first-order chi connectivity index (χ1) is 18.8. The molecule has 1 unspecified atom stereocenters. The van der Waals surface area contributed by atoms with Crippen molar-refractivity contribution in [1.82, 2.24) is 19.8 Å². The van der Waals surface area contributed by atoms with Crippen LogP contribution in [0.15, 0.2) is 59.8 Å². The molecule has 2 aliphatic heterocycles. The first-order valence-electron chi connectivity index (χ1n) is 13.4. The fourth-order valence-electron chi connectivity index (χ4n) is 4.85. The third kappa shape index (κ3) is 5.71. The van der Waals surface area contributed by atoms with E-state index < -0.39 is 27.8 Å². The van der Waals surface area contributed by atoms with Gasteiger partial charge in [0.1, 0.15) is 11.4 Å². The minimum Gasteiger partial charge on any atom is -0.444 e. The quantitative estimate of drug-likeness (QED) is 0.363. The van der Waals surface area contributed by atoms with Gasteiger partial charge in [0.25, 0.3) is 0 Å². The number of ether oxygens (including phenoxy) is 2. The number of nitrogens with zero attached hydrogens (tertiary/aromatic N) is 3. The maximum absolute atomic E-state index is 13.9. The highest BCUT2D eigenvalue weighted by Crippen LogP contribution is 2.50. The highest BCUT2D eigenvalue weighted by molar-refractivity contribution is 8.19. The molecule has 2 aromatic heterocycles. The molecule has 9 heteroatoms. The Morgan fingerprint density at radius 3 is 2.50 bits per heavy atom. The Balaban J connectivity index is 1.73. The molecule has 40 heavy (non-hydrogen) atoms. The molecular weight excluding hydrogens is 527 g/mol. The summed E-state index contributed by atoms with van der Waals surface area (Å²) in [5.74, 6) is 0.350. The molecule has 212 valence electrons. The lowest BCUT2D eigenvalue weighted by Crippen LogP contribution is -2.36. The second-order valence-corrected chi connectivity index (χ2v) is 14.0. The number of alkyl carbamates (subject to hydrolysis) is 1. The van der Waals surface area contributed by atoms with Crippen molar-refractivity contribution in [3.05, 3.63) is 71.3 Å². The highest BCUT2D eigenvalue weighted by Gasteiger charge is 2.36. The smallest absolute Gasteiger partial charge is 0.407 e. The van der Waals surface area contributed by atoms with Crippen LogP contribution in [0.4, 0.5) is 9.18 Å². The molecule has 3 aromatic rings. The van der Waals surface area contributed by atoms with Crippen LogP contribution in [-0.2, 0) is 9.47 Å². The van der Waals surface area contributed by atoms with E-state index in [0.717, 1.165) is 50.1 Å². The number of aromatic nitrogens is 2. The molecule has 0 bridgehead atoms. The van der Waals surface area contributed by atoms with Gasteiger partial charge in [0.15, 0.2) is 5.17 Å². The summed E-state index contributed by atoms with van der Waals surface area (Å²) in [6.45, 7) is 12.8. The number of fused-ring (bicyclic) bond motifs is 5. The van der Waals surface area contributed by atoms with Crippen molar-refractivity contribution in [2.45, 2.75) is 52.7 Å². The normalized spacial score (nSPS) is 17.2. The van der Waals surface area contributed by atoms with Crippen molar-refractivity contribution in [3.63, 3.8) is 0 Å². The van der Waals surface area contributed by atoms with Gasteiger partial charge in [0.2, 0.25) is 0 Å². The van der Waals surface area contributed by atoms with E-state index in [0.29, 0.717) is 12.3 Å². The van der Waals surface area contributed by atoms with Gasteiger partial charge in [-0.25, -0.2) is 9.18 Å². The molecule has 0 fully saturated rings. The summed E-state index contributed by atoms with van der Waals surface area (Å²) in [5, 5.41) is 3.74. The van der Waals surface area contributed by atoms with Crippen LogP contribution < -0.4 is 5.32 Å². The number of allylic oxidation sites excluding steroid dienone is 1. The Hall–Kier alpha value is -3.43. The van der Waals surface area contributed by atoms with Gasteiger partial charge in [0.05, 0.1) is 22.3 Å². The molecule has 0 radical (unpaired) electrons. The molecule has 1 aromatic carbocycles. The summed E-state index contributed by atoms with van der Waals surface area (Å²) < 4.78 is 28.4. The zero-order chi connectivity index (χ0) is 28.8. The lowest BCUT2D eigenvalue weighted by Gasteiger charge is -2.35. The van der Waals surface area contributed by atoms with Crippen molar-refractivity contribution in [2.24, 2.45) is 0 Å². The topological polar surface area (TPSA) is 68.6 Å². The zero-order valence-electron chi connectivity index (χ0n) is 24.2. The molecule has 4 heterocycles. The van der Waals surface area contributed by atoms with E-state index in [1.54, 1.807) is 6.20 Å². The standard InChI is InChI=1S/C31H37FN4O3S/c1-30(2,3)38-28(37)34-16-18-40-24-19-35(7)17-14-22(24)27-25(20-10-12-21(32)13-11-20)26-23(9-8-15-33-26)36(27)29(40)39-31(4,5)6/h8-15,19H,16-18H2,1-7H3,(H,34,37). The molecule has 0 spiro atoms. The fraction of sp³-hybridized carbons (Fsp3) is 0.387. The van der Waals surface area contributed by atoms with Crippen molar-refractivity contribution >= 4 is 38.4 Å². The summed E-state index contributed by atoms with van der Waals surface area (Å²) >= 11 is 0. The van der Waals surface area contributed by atoms with Crippen LogP contribution in [0.1, 0.15) is 47.2 Å². The molecule has 0 aliphatic carbocycles. The van der Waals surface area contributed by atoms with Crippen molar-refractivity contribution in [1.29, 1.82) is 0 Å². The van der Waals surface area contributed by atoms with Gasteiger partial charge in [-0.3, -0.25) is 9.55 Å². The van der Waals surface area contributed by atoms with E-state index in [-0.39, 0.29) is 5.82 Å². The third-order valence-corrected chi connectivity index (χ3v) is 8.48. The number of amides is 1.